The molecule has 0 saturated carbocycles. The molecule has 112 valence electrons. The van der Waals surface area contributed by atoms with E-state index >= 15 is 0 Å². The molecule has 0 aliphatic carbocycles. The van der Waals surface area contributed by atoms with E-state index in [2.05, 4.69) is 25.3 Å². The summed E-state index contributed by atoms with van der Waals surface area (Å²) in [5, 5.41) is 0.683. The van der Waals surface area contributed by atoms with Crippen LogP contribution < -0.4 is 4.74 Å². The molecule has 0 heterocycles. The van der Waals surface area contributed by atoms with Crippen molar-refractivity contribution in [2.45, 2.75) is 26.4 Å². The zero-order valence-electron chi connectivity index (χ0n) is 13.1. The van der Waals surface area contributed by atoms with Crippen molar-refractivity contribution < 1.29 is 4.74 Å². The average Bonchev–Trinajstić information content (AvgIpc) is 2.48. The summed E-state index contributed by atoms with van der Waals surface area (Å²) >= 11 is 5.88. The topological polar surface area (TPSA) is 9.23 Å². The summed E-state index contributed by atoms with van der Waals surface area (Å²) in [7, 11) is 0. The third kappa shape index (κ3) is 4.41. The highest BCUT2D eigenvalue weighted by atomic mass is 35.5. The summed E-state index contributed by atoms with van der Waals surface area (Å²) in [5.41, 5.74) is 2.33. The van der Waals surface area contributed by atoms with Crippen LogP contribution in [0.15, 0.2) is 60.7 Å². The molecule has 0 aliphatic heterocycles. The number of hydrogen-bond acceptors (Lipinski definition) is 1. The van der Waals surface area contributed by atoms with Gasteiger partial charge in [-0.25, -0.2) is 0 Å². The lowest BCUT2D eigenvalue weighted by atomic mass is 9.99. The molecule has 22 heavy (non-hydrogen) atoms. The van der Waals surface area contributed by atoms with E-state index in [1.54, 1.807) is 12.1 Å². The summed E-state index contributed by atoms with van der Waals surface area (Å²) in [6.07, 6.45) is 0. The minimum Gasteiger partial charge on any atom is -0.483 e. The molecule has 0 aromatic heterocycles. The molecule has 1 nitrogen and oxygen atoms in total. The maximum atomic E-state index is 5.97. The zero-order valence-corrected chi connectivity index (χ0v) is 13.9. The Balaban J connectivity index is 2.10. The number of hydrogen-bond donors (Lipinski definition) is 0. The Kier molecular flexibility index (Phi) is 4.96. The van der Waals surface area contributed by atoms with Crippen LogP contribution in [0.3, 0.4) is 0 Å². The second kappa shape index (κ2) is 6.73. The van der Waals surface area contributed by atoms with E-state index in [1.165, 1.54) is 5.56 Å². The molecule has 0 unspecified atom stereocenters. The van der Waals surface area contributed by atoms with Crippen molar-refractivity contribution in [1.29, 1.82) is 0 Å². The molecule has 0 bridgehead atoms. The van der Waals surface area contributed by atoms with Gasteiger partial charge in [-0.2, -0.15) is 0 Å². The van der Waals surface area contributed by atoms with E-state index in [9.17, 15) is 0 Å². The van der Waals surface area contributed by atoms with Gasteiger partial charge in [0.2, 0.25) is 0 Å². The Hall–Kier alpha value is -2.17. The minimum absolute atomic E-state index is 0.578. The fraction of sp³-hybridized carbons (Fsp3) is 0.200. The first-order chi connectivity index (χ1) is 10.4. The van der Waals surface area contributed by atoms with Gasteiger partial charge in [0.1, 0.15) is 11.4 Å². The summed E-state index contributed by atoms with van der Waals surface area (Å²) < 4.78 is 5.97. The van der Waals surface area contributed by atoms with E-state index in [4.69, 9.17) is 16.3 Å². The number of aryl methyl sites for hydroxylation is 1. The first kappa shape index (κ1) is 16.2. The number of halogens is 1. The van der Waals surface area contributed by atoms with Crippen LogP contribution >= 0.6 is 11.6 Å². The molecule has 0 atom stereocenters. The van der Waals surface area contributed by atoms with E-state index in [-0.39, 0.29) is 0 Å². The maximum absolute atomic E-state index is 5.97. The van der Waals surface area contributed by atoms with E-state index in [1.807, 2.05) is 50.2 Å². The highest BCUT2D eigenvalue weighted by Gasteiger charge is 2.22. The molecular weight excluding hydrogens is 292 g/mol. The summed E-state index contributed by atoms with van der Waals surface area (Å²) in [4.78, 5) is 0. The SMILES string of the molecule is C=C(C#Cc1ccc(C)cc1)C(C)(C)Oc1ccc(Cl)cc1. The average molecular weight is 311 g/mol. The highest BCUT2D eigenvalue weighted by molar-refractivity contribution is 6.30. The van der Waals surface area contributed by atoms with Gasteiger partial charge >= 0.3 is 0 Å². The van der Waals surface area contributed by atoms with E-state index < -0.39 is 5.60 Å². The van der Waals surface area contributed by atoms with Gasteiger partial charge in [0.25, 0.3) is 0 Å². The molecule has 2 heteroatoms. The highest BCUT2D eigenvalue weighted by Crippen LogP contribution is 2.24. The second-order valence-electron chi connectivity index (χ2n) is 5.66. The van der Waals surface area contributed by atoms with Gasteiger partial charge in [-0.3, -0.25) is 0 Å². The third-order valence-corrected chi connectivity index (χ3v) is 3.57. The van der Waals surface area contributed by atoms with Crippen LogP contribution in [0.5, 0.6) is 5.75 Å². The van der Waals surface area contributed by atoms with E-state index in [0.717, 1.165) is 16.9 Å². The van der Waals surface area contributed by atoms with Crippen molar-refractivity contribution in [3.05, 3.63) is 76.8 Å². The van der Waals surface area contributed by atoms with Crippen LogP contribution in [0.25, 0.3) is 0 Å². The molecule has 0 saturated heterocycles. The summed E-state index contributed by atoms with van der Waals surface area (Å²) in [6, 6.07) is 15.4. The largest absolute Gasteiger partial charge is 0.483 e. The molecule has 0 spiro atoms. The van der Waals surface area contributed by atoms with Gasteiger partial charge in [-0.05, 0) is 57.2 Å². The minimum atomic E-state index is -0.578. The smallest absolute Gasteiger partial charge is 0.135 e. The molecule has 0 fully saturated rings. The third-order valence-electron chi connectivity index (χ3n) is 3.32. The van der Waals surface area contributed by atoms with Crippen LogP contribution in [0.1, 0.15) is 25.0 Å². The van der Waals surface area contributed by atoms with Gasteiger partial charge in [0.05, 0.1) is 0 Å². The molecule has 2 aromatic carbocycles. The van der Waals surface area contributed by atoms with Crippen LogP contribution in [0, 0.1) is 18.8 Å². The van der Waals surface area contributed by atoms with Crippen molar-refractivity contribution in [2.24, 2.45) is 0 Å². The summed E-state index contributed by atoms with van der Waals surface area (Å²) in [5.74, 6) is 6.96. The fourth-order valence-electron chi connectivity index (χ4n) is 1.79. The molecule has 2 rings (SSSR count). The lowest BCUT2D eigenvalue weighted by Crippen LogP contribution is -2.29. The lowest BCUT2D eigenvalue weighted by Gasteiger charge is -2.26. The number of ether oxygens (including phenoxy) is 1. The Labute approximate surface area is 137 Å². The van der Waals surface area contributed by atoms with Gasteiger partial charge < -0.3 is 4.74 Å². The molecule has 0 amide bonds. The Bertz CT molecular complexity index is 713. The van der Waals surface area contributed by atoms with Crippen molar-refractivity contribution >= 4 is 11.6 Å². The lowest BCUT2D eigenvalue weighted by molar-refractivity contribution is 0.154. The van der Waals surface area contributed by atoms with Crippen LogP contribution in [0.2, 0.25) is 5.02 Å². The predicted molar refractivity (Wildman–Crippen MR) is 93.4 cm³/mol. The first-order valence-corrected chi connectivity index (χ1v) is 7.47. The molecule has 0 N–H and O–H groups in total. The predicted octanol–water partition coefficient (Wildman–Crippen LogP) is 5.41. The Morgan fingerprint density at radius 1 is 1.05 bits per heavy atom. The molecule has 0 radical (unpaired) electrons. The van der Waals surface area contributed by atoms with Gasteiger partial charge in [-0.15, -0.1) is 0 Å². The fourth-order valence-corrected chi connectivity index (χ4v) is 1.92. The quantitative estimate of drug-likeness (QED) is 0.688. The van der Waals surface area contributed by atoms with Crippen LogP contribution in [0.4, 0.5) is 0 Å². The zero-order chi connectivity index (χ0) is 16.2. The molecule has 0 aliphatic rings. The maximum Gasteiger partial charge on any atom is 0.135 e. The van der Waals surface area contributed by atoms with Crippen molar-refractivity contribution in [1.82, 2.24) is 0 Å². The molecule has 2 aromatic rings. The van der Waals surface area contributed by atoms with Gasteiger partial charge in [0.15, 0.2) is 0 Å². The van der Waals surface area contributed by atoms with Crippen LogP contribution in [-0.2, 0) is 0 Å². The monoisotopic (exact) mass is 310 g/mol. The van der Waals surface area contributed by atoms with E-state index in [0.29, 0.717) is 5.02 Å². The second-order valence-corrected chi connectivity index (χ2v) is 6.10. The van der Waals surface area contributed by atoms with Crippen molar-refractivity contribution in [3.8, 4) is 17.6 Å². The summed E-state index contributed by atoms with van der Waals surface area (Å²) in [6.45, 7) is 10.0. The number of rotatable bonds is 3. The Morgan fingerprint density at radius 3 is 2.23 bits per heavy atom. The van der Waals surface area contributed by atoms with Crippen molar-refractivity contribution in [2.75, 3.05) is 0 Å². The Morgan fingerprint density at radius 2 is 1.64 bits per heavy atom. The standard InChI is InChI=1S/C20H19ClO/c1-15-5-8-17(9-6-15)10-7-16(2)20(3,4)22-19-13-11-18(21)12-14-19/h5-6,8-9,11-14H,2H2,1,3-4H3. The van der Waals surface area contributed by atoms with Crippen molar-refractivity contribution in [3.63, 3.8) is 0 Å². The van der Waals surface area contributed by atoms with Gasteiger partial charge in [0, 0.05) is 16.2 Å². The van der Waals surface area contributed by atoms with Crippen LogP contribution in [-0.4, -0.2) is 5.60 Å². The number of benzene rings is 2. The first-order valence-electron chi connectivity index (χ1n) is 7.09. The molecular formula is C20H19ClO. The van der Waals surface area contributed by atoms with Gasteiger partial charge in [-0.1, -0.05) is 47.7 Å². The normalized spacial score (nSPS) is 10.5.